The Balaban J connectivity index is 1.77. The number of carboxylic acid groups (broad SMARTS) is 1. The van der Waals surface area contributed by atoms with Gasteiger partial charge >= 0.3 is 5.97 Å². The molecule has 0 unspecified atom stereocenters. The highest BCUT2D eigenvalue weighted by Crippen LogP contribution is 2.35. The Morgan fingerprint density at radius 1 is 1.16 bits per heavy atom. The summed E-state index contributed by atoms with van der Waals surface area (Å²) < 4.78 is 5.57. The molecule has 0 aliphatic carbocycles. The molecule has 2 aromatic carbocycles. The fourth-order valence-electron chi connectivity index (χ4n) is 2.22. The van der Waals surface area contributed by atoms with Crippen molar-refractivity contribution in [1.29, 1.82) is 0 Å². The number of rotatable bonds is 5. The first-order chi connectivity index (χ1) is 12.0. The van der Waals surface area contributed by atoms with Gasteiger partial charge in [0, 0.05) is 0 Å². The fraction of sp³-hybridized carbons (Fsp3) is 0.0556. The van der Waals surface area contributed by atoms with Gasteiger partial charge in [0.05, 0.1) is 10.6 Å². The number of hydrogen-bond donors (Lipinski definition) is 1. The van der Waals surface area contributed by atoms with Gasteiger partial charge in [-0.2, -0.15) is 0 Å². The SMILES string of the molecule is O=C(O)COc1ccc(/C=C2\SC(=S)N(c3ccccc3)C2=O)cc1. The van der Waals surface area contributed by atoms with E-state index in [0.717, 1.165) is 11.3 Å². The summed E-state index contributed by atoms with van der Waals surface area (Å²) in [6.45, 7) is -0.394. The highest BCUT2D eigenvalue weighted by atomic mass is 32.2. The summed E-state index contributed by atoms with van der Waals surface area (Å²) in [6, 6.07) is 16.1. The van der Waals surface area contributed by atoms with E-state index in [0.29, 0.717) is 15.0 Å². The second kappa shape index (κ2) is 7.50. The fourth-order valence-corrected chi connectivity index (χ4v) is 3.52. The number of carbonyl (C=O) groups excluding carboxylic acids is 1. The van der Waals surface area contributed by atoms with Crippen LogP contribution in [0.4, 0.5) is 5.69 Å². The summed E-state index contributed by atoms with van der Waals surface area (Å²) in [4.78, 5) is 25.2. The predicted octanol–water partition coefficient (Wildman–Crippen LogP) is 3.56. The summed E-state index contributed by atoms with van der Waals surface area (Å²) in [5.41, 5.74) is 1.54. The molecule has 1 aliphatic heterocycles. The number of carboxylic acids is 1. The van der Waals surface area contributed by atoms with E-state index in [2.05, 4.69) is 0 Å². The molecule has 5 nitrogen and oxygen atoms in total. The minimum Gasteiger partial charge on any atom is -0.482 e. The number of ether oxygens (including phenoxy) is 1. The van der Waals surface area contributed by atoms with E-state index in [-0.39, 0.29) is 5.91 Å². The van der Waals surface area contributed by atoms with Crippen molar-refractivity contribution >= 4 is 51.9 Å². The van der Waals surface area contributed by atoms with Crippen molar-refractivity contribution in [2.24, 2.45) is 0 Å². The third-order valence-electron chi connectivity index (χ3n) is 3.35. The minimum atomic E-state index is -1.03. The molecule has 0 aromatic heterocycles. The van der Waals surface area contributed by atoms with E-state index in [1.54, 1.807) is 30.3 Å². The molecule has 126 valence electrons. The molecule has 0 atom stereocenters. The largest absolute Gasteiger partial charge is 0.482 e. The number of anilines is 1. The summed E-state index contributed by atoms with van der Waals surface area (Å²) in [5, 5.41) is 8.60. The molecule has 1 N–H and O–H groups in total. The monoisotopic (exact) mass is 371 g/mol. The maximum Gasteiger partial charge on any atom is 0.341 e. The predicted molar refractivity (Wildman–Crippen MR) is 102 cm³/mol. The molecule has 1 heterocycles. The van der Waals surface area contributed by atoms with Crippen molar-refractivity contribution in [3.63, 3.8) is 0 Å². The highest BCUT2D eigenvalue weighted by Gasteiger charge is 2.33. The van der Waals surface area contributed by atoms with Crippen molar-refractivity contribution in [3.05, 3.63) is 65.1 Å². The Bertz CT molecular complexity index is 847. The zero-order chi connectivity index (χ0) is 17.8. The van der Waals surface area contributed by atoms with Gasteiger partial charge in [0.25, 0.3) is 5.91 Å². The average Bonchev–Trinajstić information content (AvgIpc) is 2.88. The van der Waals surface area contributed by atoms with Crippen LogP contribution in [-0.2, 0) is 9.59 Å². The highest BCUT2D eigenvalue weighted by molar-refractivity contribution is 8.27. The van der Waals surface area contributed by atoms with Gasteiger partial charge in [0.1, 0.15) is 5.75 Å². The molecule has 25 heavy (non-hydrogen) atoms. The van der Waals surface area contributed by atoms with Crippen LogP contribution in [0.15, 0.2) is 59.5 Å². The molecular formula is C18H13NO4S2. The van der Waals surface area contributed by atoms with Gasteiger partial charge in [-0.1, -0.05) is 54.3 Å². The van der Waals surface area contributed by atoms with Crippen LogP contribution in [0.1, 0.15) is 5.56 Å². The lowest BCUT2D eigenvalue weighted by atomic mass is 10.2. The van der Waals surface area contributed by atoms with Gasteiger partial charge in [-0.15, -0.1) is 0 Å². The van der Waals surface area contributed by atoms with Crippen molar-refractivity contribution < 1.29 is 19.4 Å². The lowest BCUT2D eigenvalue weighted by Crippen LogP contribution is -2.27. The van der Waals surface area contributed by atoms with Gasteiger partial charge < -0.3 is 9.84 Å². The number of amides is 1. The van der Waals surface area contributed by atoms with Gasteiger partial charge in [0.2, 0.25) is 0 Å². The van der Waals surface area contributed by atoms with Gasteiger partial charge in [0.15, 0.2) is 10.9 Å². The number of hydrogen-bond acceptors (Lipinski definition) is 5. The number of aliphatic carboxylic acids is 1. The first-order valence-corrected chi connectivity index (χ1v) is 8.55. The second-order valence-electron chi connectivity index (χ2n) is 5.10. The number of benzene rings is 2. The Morgan fingerprint density at radius 2 is 1.84 bits per heavy atom. The van der Waals surface area contributed by atoms with E-state index >= 15 is 0 Å². The first-order valence-electron chi connectivity index (χ1n) is 7.32. The molecule has 1 fully saturated rings. The number of thioether (sulfide) groups is 1. The van der Waals surface area contributed by atoms with Gasteiger partial charge in [-0.25, -0.2) is 4.79 Å². The summed E-state index contributed by atoms with van der Waals surface area (Å²) >= 11 is 6.57. The van der Waals surface area contributed by atoms with Crippen LogP contribution in [0.3, 0.4) is 0 Å². The molecule has 0 spiro atoms. The van der Waals surface area contributed by atoms with Crippen molar-refractivity contribution in [2.75, 3.05) is 11.5 Å². The third-order valence-corrected chi connectivity index (χ3v) is 4.65. The standard InChI is InChI=1S/C18H13NO4S2/c20-16(21)11-23-14-8-6-12(7-9-14)10-15-17(22)19(18(24)25-15)13-4-2-1-3-5-13/h1-10H,11H2,(H,20,21)/b15-10-. The lowest BCUT2D eigenvalue weighted by Gasteiger charge is -2.13. The van der Waals surface area contributed by atoms with Crippen LogP contribution in [-0.4, -0.2) is 27.9 Å². The van der Waals surface area contributed by atoms with Crippen molar-refractivity contribution in [3.8, 4) is 5.75 Å². The lowest BCUT2D eigenvalue weighted by molar-refractivity contribution is -0.139. The summed E-state index contributed by atoms with van der Waals surface area (Å²) in [6.07, 6.45) is 1.75. The average molecular weight is 371 g/mol. The Kier molecular flexibility index (Phi) is 5.16. The molecule has 1 aliphatic rings. The van der Waals surface area contributed by atoms with Crippen LogP contribution in [0, 0.1) is 0 Å². The van der Waals surface area contributed by atoms with E-state index in [1.807, 2.05) is 30.3 Å². The van der Waals surface area contributed by atoms with Crippen LogP contribution >= 0.6 is 24.0 Å². The Hall–Kier alpha value is -2.64. The van der Waals surface area contributed by atoms with E-state index in [9.17, 15) is 9.59 Å². The summed E-state index contributed by atoms with van der Waals surface area (Å²) in [5.74, 6) is -0.738. The zero-order valence-corrected chi connectivity index (χ0v) is 14.5. The van der Waals surface area contributed by atoms with Crippen LogP contribution in [0.2, 0.25) is 0 Å². The molecular weight excluding hydrogens is 358 g/mol. The molecule has 3 rings (SSSR count). The molecule has 2 aromatic rings. The number of thiocarbonyl (C=S) groups is 1. The third kappa shape index (κ3) is 4.07. The van der Waals surface area contributed by atoms with Crippen LogP contribution in [0.25, 0.3) is 6.08 Å². The number of para-hydroxylation sites is 1. The maximum atomic E-state index is 12.6. The normalized spacial score (nSPS) is 15.7. The smallest absolute Gasteiger partial charge is 0.341 e. The minimum absolute atomic E-state index is 0.160. The molecule has 0 saturated carbocycles. The molecule has 1 saturated heterocycles. The quantitative estimate of drug-likeness (QED) is 0.640. The van der Waals surface area contributed by atoms with Crippen LogP contribution in [0.5, 0.6) is 5.75 Å². The second-order valence-corrected chi connectivity index (χ2v) is 6.78. The van der Waals surface area contributed by atoms with E-state index < -0.39 is 12.6 Å². The molecule has 7 heteroatoms. The van der Waals surface area contributed by atoms with Crippen LogP contribution < -0.4 is 9.64 Å². The van der Waals surface area contributed by atoms with E-state index in [4.69, 9.17) is 22.1 Å². The molecule has 0 bridgehead atoms. The number of carbonyl (C=O) groups is 2. The Morgan fingerprint density at radius 3 is 2.48 bits per heavy atom. The zero-order valence-electron chi connectivity index (χ0n) is 12.9. The molecule has 0 radical (unpaired) electrons. The van der Waals surface area contributed by atoms with Gasteiger partial charge in [-0.3, -0.25) is 9.69 Å². The van der Waals surface area contributed by atoms with Crippen molar-refractivity contribution in [2.45, 2.75) is 0 Å². The Labute approximate surface area is 153 Å². The maximum absolute atomic E-state index is 12.6. The summed E-state index contributed by atoms with van der Waals surface area (Å²) in [7, 11) is 0. The topological polar surface area (TPSA) is 66.8 Å². The van der Waals surface area contributed by atoms with Gasteiger partial charge in [-0.05, 0) is 35.9 Å². The van der Waals surface area contributed by atoms with Crippen molar-refractivity contribution in [1.82, 2.24) is 0 Å². The van der Waals surface area contributed by atoms with E-state index in [1.165, 1.54) is 16.7 Å². The first kappa shape index (κ1) is 17.2. The molecule has 1 amide bonds. The number of nitrogens with zero attached hydrogens (tertiary/aromatic N) is 1.